The largest absolute Gasteiger partial charge is 0.326 e. The van der Waals surface area contributed by atoms with Crippen LogP contribution in [0.15, 0.2) is 40.1 Å². The summed E-state index contributed by atoms with van der Waals surface area (Å²) in [5.41, 5.74) is 4.22. The maximum atomic E-state index is 12.8. The van der Waals surface area contributed by atoms with Crippen LogP contribution in [-0.2, 0) is 19.4 Å². The summed E-state index contributed by atoms with van der Waals surface area (Å²) in [6.07, 6.45) is 0.552. The van der Waals surface area contributed by atoms with Crippen molar-refractivity contribution in [2.75, 3.05) is 16.4 Å². The minimum Gasteiger partial charge on any atom is -0.326 e. The average molecular weight is 447 g/mol. The van der Waals surface area contributed by atoms with Gasteiger partial charge in [0.25, 0.3) is 0 Å². The first-order valence-corrected chi connectivity index (χ1v) is 12.4. The van der Waals surface area contributed by atoms with Crippen molar-refractivity contribution in [3.8, 4) is 0 Å². The second-order valence-electron chi connectivity index (χ2n) is 7.55. The van der Waals surface area contributed by atoms with Gasteiger partial charge in [-0.3, -0.25) is 9.59 Å². The van der Waals surface area contributed by atoms with Gasteiger partial charge in [-0.05, 0) is 56.5 Å². The van der Waals surface area contributed by atoms with E-state index in [1.54, 1.807) is 6.07 Å². The van der Waals surface area contributed by atoms with E-state index in [1.165, 1.54) is 23.9 Å². The number of nitrogens with one attached hydrogen (secondary N) is 2. The Hall–Kier alpha value is -2.32. The standard InChI is InChI=1S/C22H26N2O4S2/c1-5-18-22(26)23-17-12-16(6-7-19(17)29-18)30(27,28)9-8-20(25)24-21-14(3)10-13(2)11-15(21)4/h6-7,10-12,18H,5,8-9H2,1-4H3,(H,23,26)(H,24,25). The Morgan fingerprint density at radius 3 is 2.43 bits per heavy atom. The molecule has 3 rings (SSSR count). The monoisotopic (exact) mass is 446 g/mol. The molecule has 0 aliphatic carbocycles. The predicted octanol–water partition coefficient (Wildman–Crippen LogP) is 4.24. The van der Waals surface area contributed by atoms with Crippen LogP contribution in [0.2, 0.25) is 0 Å². The van der Waals surface area contributed by atoms with E-state index in [-0.39, 0.29) is 34.1 Å². The van der Waals surface area contributed by atoms with Gasteiger partial charge in [0.05, 0.1) is 21.6 Å². The normalized spacial score (nSPS) is 16.0. The highest BCUT2D eigenvalue weighted by molar-refractivity contribution is 8.01. The number of rotatable bonds is 6. The van der Waals surface area contributed by atoms with Crippen molar-refractivity contribution in [1.29, 1.82) is 0 Å². The van der Waals surface area contributed by atoms with Crippen molar-refractivity contribution in [3.05, 3.63) is 47.0 Å². The molecule has 1 unspecified atom stereocenters. The zero-order valence-corrected chi connectivity index (χ0v) is 19.2. The maximum absolute atomic E-state index is 12.8. The Bertz CT molecular complexity index is 1090. The molecule has 0 fully saturated rings. The number of sulfone groups is 1. The third-order valence-electron chi connectivity index (χ3n) is 5.04. The first-order chi connectivity index (χ1) is 14.1. The number of hydrogen-bond donors (Lipinski definition) is 2. The molecule has 2 aromatic carbocycles. The van der Waals surface area contributed by atoms with Gasteiger partial charge in [-0.1, -0.05) is 24.6 Å². The Morgan fingerprint density at radius 2 is 1.80 bits per heavy atom. The smallest absolute Gasteiger partial charge is 0.237 e. The van der Waals surface area contributed by atoms with Crippen LogP contribution in [0.4, 0.5) is 11.4 Å². The van der Waals surface area contributed by atoms with Crippen LogP contribution in [0, 0.1) is 20.8 Å². The first kappa shape index (κ1) is 22.4. The van der Waals surface area contributed by atoms with Crippen molar-refractivity contribution < 1.29 is 18.0 Å². The van der Waals surface area contributed by atoms with Gasteiger partial charge in [0, 0.05) is 17.0 Å². The Balaban J connectivity index is 1.69. The van der Waals surface area contributed by atoms with Crippen LogP contribution >= 0.6 is 11.8 Å². The minimum absolute atomic E-state index is 0.104. The highest BCUT2D eigenvalue weighted by atomic mass is 32.2. The third kappa shape index (κ3) is 4.87. The molecule has 2 aromatic rings. The van der Waals surface area contributed by atoms with Crippen molar-refractivity contribution >= 4 is 44.8 Å². The first-order valence-electron chi connectivity index (χ1n) is 9.82. The fourth-order valence-corrected chi connectivity index (χ4v) is 5.80. The summed E-state index contributed by atoms with van der Waals surface area (Å²) in [7, 11) is -3.67. The molecule has 1 aliphatic rings. The fourth-order valence-electron chi connectivity index (χ4n) is 3.52. The second kappa shape index (κ2) is 8.81. The van der Waals surface area contributed by atoms with Gasteiger partial charge in [0.1, 0.15) is 0 Å². The highest BCUT2D eigenvalue weighted by Crippen LogP contribution is 2.38. The lowest BCUT2D eigenvalue weighted by Crippen LogP contribution is -2.28. The number of benzene rings is 2. The highest BCUT2D eigenvalue weighted by Gasteiger charge is 2.27. The van der Waals surface area contributed by atoms with E-state index in [9.17, 15) is 18.0 Å². The number of amides is 2. The lowest BCUT2D eigenvalue weighted by atomic mass is 10.1. The van der Waals surface area contributed by atoms with E-state index in [0.29, 0.717) is 12.1 Å². The summed E-state index contributed by atoms with van der Waals surface area (Å²) in [6, 6.07) is 8.68. The zero-order valence-electron chi connectivity index (χ0n) is 17.5. The molecule has 8 heteroatoms. The van der Waals surface area contributed by atoms with E-state index in [4.69, 9.17) is 0 Å². The summed E-state index contributed by atoms with van der Waals surface area (Å²) in [4.78, 5) is 25.4. The van der Waals surface area contributed by atoms with Gasteiger partial charge in [0.2, 0.25) is 11.8 Å². The number of fused-ring (bicyclic) bond motifs is 1. The van der Waals surface area contributed by atoms with Gasteiger partial charge >= 0.3 is 0 Å². The predicted molar refractivity (Wildman–Crippen MR) is 121 cm³/mol. The molecular formula is C22H26N2O4S2. The molecule has 6 nitrogen and oxygen atoms in total. The number of thioether (sulfide) groups is 1. The molecule has 2 amide bonds. The second-order valence-corrected chi connectivity index (χ2v) is 10.9. The van der Waals surface area contributed by atoms with Gasteiger partial charge in [-0.25, -0.2) is 8.42 Å². The molecule has 0 aromatic heterocycles. The topological polar surface area (TPSA) is 92.3 Å². The molecule has 160 valence electrons. The van der Waals surface area contributed by atoms with Crippen LogP contribution in [-0.4, -0.2) is 31.2 Å². The van der Waals surface area contributed by atoms with Crippen LogP contribution in [0.3, 0.4) is 0 Å². The minimum atomic E-state index is -3.67. The molecule has 0 saturated carbocycles. The fraction of sp³-hybridized carbons (Fsp3) is 0.364. The molecule has 0 bridgehead atoms. The molecule has 1 heterocycles. The Morgan fingerprint density at radius 1 is 1.13 bits per heavy atom. The van der Waals surface area contributed by atoms with Crippen molar-refractivity contribution in [1.82, 2.24) is 0 Å². The number of carbonyl (C=O) groups excluding carboxylic acids is 2. The van der Waals surface area contributed by atoms with Gasteiger partial charge < -0.3 is 10.6 Å². The molecule has 1 aliphatic heterocycles. The van der Waals surface area contributed by atoms with Crippen LogP contribution in [0.5, 0.6) is 0 Å². The zero-order chi connectivity index (χ0) is 22.1. The summed E-state index contributed by atoms with van der Waals surface area (Å²) in [5, 5.41) is 5.45. The lowest BCUT2D eigenvalue weighted by Gasteiger charge is -2.23. The molecule has 2 N–H and O–H groups in total. The summed E-state index contributed by atoms with van der Waals surface area (Å²) >= 11 is 1.44. The maximum Gasteiger partial charge on any atom is 0.237 e. The Kier molecular flexibility index (Phi) is 6.57. The molecule has 1 atom stereocenters. The number of aryl methyl sites for hydroxylation is 3. The average Bonchev–Trinajstić information content (AvgIpc) is 2.68. The van der Waals surface area contributed by atoms with E-state index < -0.39 is 9.84 Å². The number of hydrogen-bond acceptors (Lipinski definition) is 5. The summed E-state index contributed by atoms with van der Waals surface area (Å²) in [6.45, 7) is 7.75. The van der Waals surface area contributed by atoms with Crippen molar-refractivity contribution in [3.63, 3.8) is 0 Å². The van der Waals surface area contributed by atoms with Gasteiger partial charge in [-0.2, -0.15) is 0 Å². The van der Waals surface area contributed by atoms with Gasteiger partial charge in [-0.15, -0.1) is 11.8 Å². The molecular weight excluding hydrogens is 420 g/mol. The Labute approximate surface area is 181 Å². The van der Waals surface area contributed by atoms with E-state index in [0.717, 1.165) is 27.3 Å². The van der Waals surface area contributed by atoms with Crippen molar-refractivity contribution in [2.45, 2.75) is 55.6 Å². The van der Waals surface area contributed by atoms with Crippen LogP contribution in [0.25, 0.3) is 0 Å². The van der Waals surface area contributed by atoms with Crippen LogP contribution in [0.1, 0.15) is 36.5 Å². The molecule has 0 saturated heterocycles. The number of anilines is 2. The number of carbonyl (C=O) groups is 2. The SMILES string of the molecule is CCC1Sc2ccc(S(=O)(=O)CCC(=O)Nc3c(C)cc(C)cc3C)cc2NC1=O. The lowest BCUT2D eigenvalue weighted by molar-refractivity contribution is -0.116. The third-order valence-corrected chi connectivity index (χ3v) is 8.20. The summed E-state index contributed by atoms with van der Waals surface area (Å²) in [5.74, 6) is -0.769. The van der Waals surface area contributed by atoms with E-state index in [2.05, 4.69) is 10.6 Å². The molecule has 0 radical (unpaired) electrons. The van der Waals surface area contributed by atoms with Crippen LogP contribution < -0.4 is 10.6 Å². The van der Waals surface area contributed by atoms with Gasteiger partial charge in [0.15, 0.2) is 9.84 Å². The molecule has 0 spiro atoms. The van der Waals surface area contributed by atoms with E-state index in [1.807, 2.05) is 39.8 Å². The van der Waals surface area contributed by atoms with E-state index >= 15 is 0 Å². The van der Waals surface area contributed by atoms with Crippen molar-refractivity contribution in [2.24, 2.45) is 0 Å². The quantitative estimate of drug-likeness (QED) is 0.692. The molecule has 30 heavy (non-hydrogen) atoms. The summed E-state index contributed by atoms with van der Waals surface area (Å²) < 4.78 is 25.5.